The molecule has 0 radical (unpaired) electrons. The molecule has 0 aliphatic rings. The fourth-order valence-corrected chi connectivity index (χ4v) is 31.6. The van der Waals surface area contributed by atoms with Crippen LogP contribution in [0, 0.1) is 22.9 Å². The summed E-state index contributed by atoms with van der Waals surface area (Å²) in [4.78, 5) is 5.77. The summed E-state index contributed by atoms with van der Waals surface area (Å²) >= 11 is 3.97. The fraction of sp³-hybridized carbons (Fsp3) is 0.404. The van der Waals surface area contributed by atoms with Crippen molar-refractivity contribution in [2.45, 2.75) is 271 Å². The monoisotopic (exact) mass is 1490 g/mol. The quantitative estimate of drug-likeness (QED) is 0.0171. The summed E-state index contributed by atoms with van der Waals surface area (Å²) in [6.07, 6.45) is 29.9. The second-order valence-electron chi connectivity index (χ2n) is 34.3. The number of thiophene rings is 2. The van der Waals surface area contributed by atoms with Gasteiger partial charge in [-0.05, 0) is 288 Å². The second-order valence-corrected chi connectivity index (χ2v) is 47.8. The van der Waals surface area contributed by atoms with Crippen molar-refractivity contribution in [1.82, 2.24) is 0 Å². The maximum absolute atomic E-state index is 4.28. The summed E-state index contributed by atoms with van der Waals surface area (Å²) in [6.45, 7) is 34.0. The second kappa shape index (κ2) is 35.6. The molecule has 0 amide bonds. The van der Waals surface area contributed by atoms with Crippen molar-refractivity contribution in [2.75, 3.05) is 0 Å². The van der Waals surface area contributed by atoms with Gasteiger partial charge in [0.1, 0.15) is 16.1 Å². The highest BCUT2D eigenvalue weighted by molar-refractivity contribution is 7.15. The lowest BCUT2D eigenvalue weighted by Crippen LogP contribution is -2.43. The van der Waals surface area contributed by atoms with Gasteiger partial charge < -0.3 is 0 Å². The van der Waals surface area contributed by atoms with E-state index in [-0.39, 0.29) is 0 Å². The largest absolute Gasteiger partial charge is 0.146 e. The normalized spacial score (nSPS) is 12.4. The van der Waals surface area contributed by atoms with Crippen LogP contribution in [0.5, 0.6) is 0 Å². The van der Waals surface area contributed by atoms with Gasteiger partial charge in [-0.15, -0.1) is 33.8 Å². The van der Waals surface area contributed by atoms with E-state index in [1.165, 1.54) is 280 Å². The van der Waals surface area contributed by atoms with E-state index in [1.54, 1.807) is 0 Å². The van der Waals surface area contributed by atoms with Crippen LogP contribution in [0.4, 0.5) is 0 Å². The molecule has 13 aromatic rings. The van der Waals surface area contributed by atoms with Gasteiger partial charge in [-0.3, -0.25) is 0 Å². The summed E-state index contributed by atoms with van der Waals surface area (Å²) in [5, 5.41) is 20.1. The molecule has 0 spiro atoms. The Labute approximate surface area is 660 Å². The van der Waals surface area contributed by atoms with Gasteiger partial charge in [-0.2, -0.15) is 0 Å². The zero-order valence-electron chi connectivity index (χ0n) is 68.2. The maximum atomic E-state index is 4.28. The van der Waals surface area contributed by atoms with Gasteiger partial charge in [0.25, 0.3) is 0 Å². The number of fused-ring (bicyclic) bond motifs is 8. The molecule has 2 heterocycles. The summed E-state index contributed by atoms with van der Waals surface area (Å²) in [5.74, 6) is 8.34. The molecule has 0 atom stereocenters. The standard InChI is InChI=1S/C104H122S2Si2/c1-15-17-19-21-23-25-27-29-31-33-35-95-47-51-103(105-95)85-43-41-81-61-91-59-79-39-37-77(57-87(79)65-93(91)67-89(81)63-85)83-45-49-97-100(54-56-108(74(9)10,75(11)12)76(13)14)102-70-84(46-50-98(102)99(101(97)69-83)53-55-107(71(3)4,72(5)6)73(7)8)78-38-40-80-60-92-62-82-42-44-86(64-90(82)68-94(92)66-88(80)58-78)104-52-48-96(106-104)36-34-32-30-28-26-24-22-20-18-16-2/h37-52,57-76H,15-36H2,1-14H3. The minimum Gasteiger partial charge on any atom is -0.140 e. The lowest BCUT2D eigenvalue weighted by Gasteiger charge is -2.38. The van der Waals surface area contributed by atoms with Crippen LogP contribution < -0.4 is 0 Å². The van der Waals surface area contributed by atoms with Crippen molar-refractivity contribution in [3.8, 4) is 66.1 Å². The number of hydrogen-bond acceptors (Lipinski definition) is 2. The topological polar surface area (TPSA) is 0 Å². The number of hydrogen-bond donors (Lipinski definition) is 0. The van der Waals surface area contributed by atoms with Crippen LogP contribution in [-0.2, 0) is 12.8 Å². The highest BCUT2D eigenvalue weighted by atomic mass is 32.1. The Hall–Kier alpha value is -7.55. The molecule has 0 aliphatic carbocycles. The van der Waals surface area contributed by atoms with Crippen LogP contribution >= 0.6 is 22.7 Å². The Morgan fingerprint density at radius 3 is 0.796 bits per heavy atom. The molecule has 0 nitrogen and oxygen atoms in total. The number of unbranched alkanes of at least 4 members (excludes halogenated alkanes) is 18. The van der Waals surface area contributed by atoms with Gasteiger partial charge in [-0.25, -0.2) is 0 Å². The van der Waals surface area contributed by atoms with Gasteiger partial charge >= 0.3 is 0 Å². The van der Waals surface area contributed by atoms with E-state index in [2.05, 4.69) is 302 Å². The van der Waals surface area contributed by atoms with Gasteiger partial charge in [0.15, 0.2) is 0 Å². The first-order chi connectivity index (χ1) is 52.3. The first-order valence-electron chi connectivity index (χ1n) is 42.5. The highest BCUT2D eigenvalue weighted by Gasteiger charge is 2.43. The van der Waals surface area contributed by atoms with Crippen molar-refractivity contribution < 1.29 is 0 Å². The van der Waals surface area contributed by atoms with Crippen LogP contribution in [0.15, 0.2) is 182 Å². The molecule has 108 heavy (non-hydrogen) atoms. The average Bonchev–Trinajstić information content (AvgIpc) is 0.899. The summed E-state index contributed by atoms with van der Waals surface area (Å²) in [6, 6.07) is 71.9. The van der Waals surface area contributed by atoms with Crippen LogP contribution in [0.25, 0.3) is 129 Å². The molecule has 0 saturated carbocycles. The maximum Gasteiger partial charge on any atom is 0.146 e. The molecule has 0 unspecified atom stereocenters. The van der Waals surface area contributed by atoms with Crippen LogP contribution in [0.1, 0.15) is 246 Å². The smallest absolute Gasteiger partial charge is 0.140 e. The first kappa shape index (κ1) is 78.6. The Balaban J connectivity index is 0.856. The molecule has 4 heteroatoms. The molecule has 0 saturated heterocycles. The van der Waals surface area contributed by atoms with E-state index in [4.69, 9.17) is 0 Å². The summed E-state index contributed by atoms with van der Waals surface area (Å²) in [5.41, 5.74) is 21.3. The third-order valence-electron chi connectivity index (χ3n) is 25.3. The molecule has 0 N–H and O–H groups in total. The van der Waals surface area contributed by atoms with Crippen molar-refractivity contribution in [3.05, 3.63) is 203 Å². The van der Waals surface area contributed by atoms with Crippen molar-refractivity contribution in [1.29, 1.82) is 0 Å². The zero-order chi connectivity index (χ0) is 75.6. The Morgan fingerprint density at radius 1 is 0.241 bits per heavy atom. The third-order valence-corrected chi connectivity index (χ3v) is 40.2. The SMILES string of the molecule is CCCCCCCCCCCCc1ccc(-c2ccc3cc4cc5ccc(-c6ccc7c(C#C[Si](C(C)C)(C(C)C)C(C)C)c8cc(-c9ccc%10cc%11cc%12ccc(-c%13ccc(CCCCCCCCCCCC)s%13)cc%12cc%11cc%10c9)ccc8c(C#C[Si](C(C)C)(C(C)C)C(C)C)c7c6)cc5cc4cc3c2)s1. The van der Waals surface area contributed by atoms with E-state index in [9.17, 15) is 0 Å². The van der Waals surface area contributed by atoms with E-state index in [0.717, 1.165) is 11.1 Å². The molecule has 0 aliphatic heterocycles. The molecule has 2 aromatic heterocycles. The molecule has 0 bridgehead atoms. The van der Waals surface area contributed by atoms with Crippen LogP contribution in [0.3, 0.4) is 0 Å². The molecular formula is C104H122S2Si2. The Bertz CT molecular complexity index is 5060. The predicted octanol–water partition coefficient (Wildman–Crippen LogP) is 33.8. The van der Waals surface area contributed by atoms with Gasteiger partial charge in [0.2, 0.25) is 0 Å². The minimum atomic E-state index is -2.19. The highest BCUT2D eigenvalue weighted by Crippen LogP contribution is 2.46. The van der Waals surface area contributed by atoms with E-state index in [1.807, 2.05) is 22.7 Å². The fourth-order valence-electron chi connectivity index (χ4n) is 19.1. The van der Waals surface area contributed by atoms with E-state index < -0.39 is 16.1 Å². The number of benzene rings is 11. The van der Waals surface area contributed by atoms with Gasteiger partial charge in [0.05, 0.1) is 0 Å². The molecule has 0 fully saturated rings. The third kappa shape index (κ3) is 17.3. The number of aryl methyl sites for hydroxylation is 2. The van der Waals surface area contributed by atoms with Crippen molar-refractivity contribution >= 4 is 125 Å². The van der Waals surface area contributed by atoms with Gasteiger partial charge in [-0.1, -0.05) is 297 Å². The van der Waals surface area contributed by atoms with E-state index in [0.29, 0.717) is 33.2 Å². The predicted molar refractivity (Wildman–Crippen MR) is 491 cm³/mol. The molecular weight excluding hydrogens is 1370 g/mol. The Kier molecular flexibility index (Phi) is 25.9. The Morgan fingerprint density at radius 2 is 0.491 bits per heavy atom. The van der Waals surface area contributed by atoms with E-state index >= 15 is 0 Å². The molecule has 558 valence electrons. The van der Waals surface area contributed by atoms with Gasteiger partial charge in [0, 0.05) is 30.6 Å². The summed E-state index contributed by atoms with van der Waals surface area (Å²) < 4.78 is 0. The molecule has 11 aromatic carbocycles. The van der Waals surface area contributed by atoms with Crippen LogP contribution in [0.2, 0.25) is 33.2 Å². The lowest BCUT2D eigenvalue weighted by molar-refractivity contribution is 0.557. The lowest BCUT2D eigenvalue weighted by atomic mass is 9.88. The minimum absolute atomic E-state index is 0.493. The van der Waals surface area contributed by atoms with Crippen molar-refractivity contribution in [2.24, 2.45) is 0 Å². The first-order valence-corrected chi connectivity index (χ1v) is 48.6. The van der Waals surface area contributed by atoms with Crippen molar-refractivity contribution in [3.63, 3.8) is 0 Å². The molecule has 13 rings (SSSR count). The average molecular weight is 1490 g/mol. The zero-order valence-corrected chi connectivity index (χ0v) is 71.8. The number of rotatable bonds is 32. The van der Waals surface area contributed by atoms with Crippen LogP contribution in [-0.4, -0.2) is 16.1 Å². The summed E-state index contributed by atoms with van der Waals surface area (Å²) in [7, 11) is -4.39.